The first-order valence-corrected chi connectivity index (χ1v) is 7.29. The Labute approximate surface area is 127 Å². The lowest BCUT2D eigenvalue weighted by atomic mass is 10.0. The average Bonchev–Trinajstić information content (AvgIpc) is 2.98. The third-order valence-electron chi connectivity index (χ3n) is 4.33. The molecule has 0 saturated carbocycles. The number of hydrogen-bond acceptors (Lipinski definition) is 6. The van der Waals surface area contributed by atoms with Crippen LogP contribution in [0.4, 0.5) is 11.5 Å². The lowest BCUT2D eigenvalue weighted by Gasteiger charge is -2.30. The van der Waals surface area contributed by atoms with E-state index in [4.69, 9.17) is 5.73 Å². The molecule has 22 heavy (non-hydrogen) atoms. The topological polar surface area (TPSA) is 85.2 Å². The predicted octanol–water partition coefficient (Wildman–Crippen LogP) is 1.28. The van der Waals surface area contributed by atoms with E-state index in [0.717, 1.165) is 47.8 Å². The quantitative estimate of drug-likeness (QED) is 0.728. The molecule has 3 aromatic rings. The first-order chi connectivity index (χ1) is 10.6. The van der Waals surface area contributed by atoms with Crippen LogP contribution in [0.1, 0.15) is 22.4 Å². The van der Waals surface area contributed by atoms with Gasteiger partial charge in [0, 0.05) is 36.3 Å². The van der Waals surface area contributed by atoms with Crippen molar-refractivity contribution in [2.75, 3.05) is 17.2 Å². The van der Waals surface area contributed by atoms with Gasteiger partial charge in [0.25, 0.3) is 0 Å². The Hall–Kier alpha value is -2.70. The van der Waals surface area contributed by atoms with E-state index in [2.05, 4.69) is 39.0 Å². The molecule has 3 aromatic heterocycles. The molecule has 0 amide bonds. The minimum atomic E-state index is 0.704. The van der Waals surface area contributed by atoms with Gasteiger partial charge in [-0.25, -0.2) is 0 Å². The molecule has 0 fully saturated rings. The van der Waals surface area contributed by atoms with E-state index in [-0.39, 0.29) is 0 Å². The maximum atomic E-state index is 5.86. The Morgan fingerprint density at radius 1 is 1.23 bits per heavy atom. The molecule has 0 radical (unpaired) electrons. The van der Waals surface area contributed by atoms with Gasteiger partial charge >= 0.3 is 0 Å². The van der Waals surface area contributed by atoms with Crippen molar-refractivity contribution in [1.82, 2.24) is 24.8 Å². The summed E-state index contributed by atoms with van der Waals surface area (Å²) in [6.45, 7) is 5.81. The van der Waals surface area contributed by atoms with Gasteiger partial charge in [-0.15, -0.1) is 15.3 Å². The molecule has 1 aliphatic rings. The van der Waals surface area contributed by atoms with Gasteiger partial charge in [-0.05, 0) is 25.5 Å². The molecule has 4 rings (SSSR count). The van der Waals surface area contributed by atoms with Crippen LogP contribution < -0.4 is 10.6 Å². The fourth-order valence-corrected chi connectivity index (χ4v) is 2.99. The second kappa shape index (κ2) is 4.66. The summed E-state index contributed by atoms with van der Waals surface area (Å²) in [4.78, 5) is 6.70. The standard InChI is InChI=1S/C15H17N7/c1-9-10(2)15(20-22-8-18-19-14(9)22)21-4-3-13-11(7-21)5-12(16)6-17-13/h5-6,8H,3-4,7,16H2,1-2H3. The van der Waals surface area contributed by atoms with Gasteiger partial charge in [0.1, 0.15) is 6.33 Å². The van der Waals surface area contributed by atoms with E-state index in [1.165, 1.54) is 5.56 Å². The number of nitrogens with two attached hydrogens (primary N) is 1. The highest BCUT2D eigenvalue weighted by Crippen LogP contribution is 2.27. The number of nitrogen functional groups attached to an aromatic ring is 1. The van der Waals surface area contributed by atoms with Crippen LogP contribution in [-0.2, 0) is 13.0 Å². The van der Waals surface area contributed by atoms with Gasteiger partial charge in [-0.2, -0.15) is 4.52 Å². The Morgan fingerprint density at radius 3 is 2.95 bits per heavy atom. The number of fused-ring (bicyclic) bond motifs is 2. The Balaban J connectivity index is 1.78. The highest BCUT2D eigenvalue weighted by Gasteiger charge is 2.22. The van der Waals surface area contributed by atoms with E-state index in [9.17, 15) is 0 Å². The molecule has 7 heteroatoms. The molecule has 0 aromatic carbocycles. The monoisotopic (exact) mass is 295 g/mol. The van der Waals surface area contributed by atoms with Gasteiger partial charge in [-0.3, -0.25) is 4.98 Å². The first-order valence-electron chi connectivity index (χ1n) is 7.29. The molecule has 0 unspecified atom stereocenters. The first kappa shape index (κ1) is 13.0. The van der Waals surface area contributed by atoms with Crippen molar-refractivity contribution in [3.63, 3.8) is 0 Å². The van der Waals surface area contributed by atoms with E-state index in [1.54, 1.807) is 17.0 Å². The second-order valence-electron chi connectivity index (χ2n) is 5.72. The van der Waals surface area contributed by atoms with Crippen LogP contribution in [0.3, 0.4) is 0 Å². The summed E-state index contributed by atoms with van der Waals surface area (Å²) in [6.07, 6.45) is 4.27. The van der Waals surface area contributed by atoms with Crippen molar-refractivity contribution in [3.05, 3.63) is 41.0 Å². The zero-order valence-corrected chi connectivity index (χ0v) is 12.6. The molecule has 4 heterocycles. The molecule has 1 aliphatic heterocycles. The van der Waals surface area contributed by atoms with Crippen molar-refractivity contribution >= 4 is 17.2 Å². The van der Waals surface area contributed by atoms with Crippen molar-refractivity contribution in [1.29, 1.82) is 0 Å². The Bertz CT molecular complexity index is 868. The highest BCUT2D eigenvalue weighted by molar-refractivity contribution is 5.59. The molecule has 0 bridgehead atoms. The van der Waals surface area contributed by atoms with Crippen molar-refractivity contribution in [3.8, 4) is 0 Å². The van der Waals surface area contributed by atoms with E-state index < -0.39 is 0 Å². The molecule has 112 valence electrons. The predicted molar refractivity (Wildman–Crippen MR) is 83.7 cm³/mol. The van der Waals surface area contributed by atoms with Crippen LogP contribution in [0.5, 0.6) is 0 Å². The van der Waals surface area contributed by atoms with E-state index in [1.807, 2.05) is 6.07 Å². The van der Waals surface area contributed by atoms with Crippen molar-refractivity contribution in [2.45, 2.75) is 26.8 Å². The summed E-state index contributed by atoms with van der Waals surface area (Å²) in [5.74, 6) is 0.970. The molecule has 2 N–H and O–H groups in total. The third-order valence-corrected chi connectivity index (χ3v) is 4.33. The van der Waals surface area contributed by atoms with Crippen LogP contribution in [0.15, 0.2) is 18.6 Å². The minimum absolute atomic E-state index is 0.704. The van der Waals surface area contributed by atoms with Crippen molar-refractivity contribution in [2.24, 2.45) is 0 Å². The number of hydrogen-bond donors (Lipinski definition) is 1. The van der Waals surface area contributed by atoms with Crippen LogP contribution >= 0.6 is 0 Å². The fraction of sp³-hybridized carbons (Fsp3) is 0.333. The number of aryl methyl sites for hydroxylation is 1. The molecule has 0 spiro atoms. The van der Waals surface area contributed by atoms with E-state index in [0.29, 0.717) is 5.69 Å². The maximum absolute atomic E-state index is 5.86. The SMILES string of the molecule is Cc1c(N2CCc3ncc(N)cc3C2)nn2cnnc2c1C. The molecule has 0 atom stereocenters. The number of rotatable bonds is 1. The normalized spacial score (nSPS) is 14.4. The fourth-order valence-electron chi connectivity index (χ4n) is 2.99. The highest BCUT2D eigenvalue weighted by atomic mass is 15.4. The molecule has 7 nitrogen and oxygen atoms in total. The van der Waals surface area contributed by atoms with Gasteiger partial charge in [0.05, 0.1) is 11.9 Å². The maximum Gasteiger partial charge on any atom is 0.180 e. The lowest BCUT2D eigenvalue weighted by molar-refractivity contribution is 0.688. The minimum Gasteiger partial charge on any atom is -0.397 e. The zero-order valence-electron chi connectivity index (χ0n) is 12.6. The van der Waals surface area contributed by atoms with Gasteiger partial charge in [0.2, 0.25) is 0 Å². The van der Waals surface area contributed by atoms with Crippen LogP contribution in [0.2, 0.25) is 0 Å². The zero-order chi connectivity index (χ0) is 15.3. The van der Waals surface area contributed by atoms with Crippen molar-refractivity contribution < 1.29 is 0 Å². The summed E-state index contributed by atoms with van der Waals surface area (Å²) in [6, 6.07) is 2.01. The lowest BCUT2D eigenvalue weighted by Crippen LogP contribution is -2.32. The summed E-state index contributed by atoms with van der Waals surface area (Å²) < 4.78 is 1.74. The Morgan fingerprint density at radius 2 is 2.09 bits per heavy atom. The van der Waals surface area contributed by atoms with Gasteiger partial charge in [0.15, 0.2) is 11.5 Å². The van der Waals surface area contributed by atoms with Crippen LogP contribution in [0, 0.1) is 13.8 Å². The molecular formula is C15H17N7. The van der Waals surface area contributed by atoms with E-state index >= 15 is 0 Å². The molecule has 0 saturated heterocycles. The number of aromatic nitrogens is 5. The summed E-state index contributed by atoms with van der Waals surface area (Å²) in [5.41, 5.74) is 11.9. The van der Waals surface area contributed by atoms with Gasteiger partial charge < -0.3 is 10.6 Å². The Kier molecular flexibility index (Phi) is 2.75. The van der Waals surface area contributed by atoms with Crippen LogP contribution in [0.25, 0.3) is 5.65 Å². The second-order valence-corrected chi connectivity index (χ2v) is 5.72. The summed E-state index contributed by atoms with van der Waals surface area (Å²) >= 11 is 0. The summed E-state index contributed by atoms with van der Waals surface area (Å²) in [7, 11) is 0. The number of pyridine rings is 1. The van der Waals surface area contributed by atoms with Crippen LogP contribution in [-0.4, -0.2) is 31.3 Å². The molecule has 0 aliphatic carbocycles. The smallest absolute Gasteiger partial charge is 0.180 e. The molecular weight excluding hydrogens is 278 g/mol. The largest absolute Gasteiger partial charge is 0.397 e. The van der Waals surface area contributed by atoms with Gasteiger partial charge in [-0.1, -0.05) is 0 Å². The average molecular weight is 295 g/mol. The summed E-state index contributed by atoms with van der Waals surface area (Å²) in [5, 5.41) is 12.7. The number of nitrogens with zero attached hydrogens (tertiary/aromatic N) is 6. The third kappa shape index (κ3) is 1.89. The number of anilines is 2.